The van der Waals surface area contributed by atoms with Gasteiger partial charge in [0.05, 0.1) is 11.9 Å². The van der Waals surface area contributed by atoms with Crippen LogP contribution in [-0.4, -0.2) is 36.6 Å². The van der Waals surface area contributed by atoms with Crippen molar-refractivity contribution in [2.75, 3.05) is 24.5 Å². The van der Waals surface area contributed by atoms with Crippen LogP contribution >= 0.6 is 0 Å². The summed E-state index contributed by atoms with van der Waals surface area (Å²) in [5.41, 5.74) is 1.83. The van der Waals surface area contributed by atoms with E-state index in [0.717, 1.165) is 37.3 Å². The number of nitrogens with zero attached hydrogens (tertiary/aromatic N) is 2. The van der Waals surface area contributed by atoms with Crippen LogP contribution in [0.1, 0.15) is 30.9 Å². The van der Waals surface area contributed by atoms with Crippen LogP contribution in [0.2, 0.25) is 0 Å². The third kappa shape index (κ3) is 2.65. The summed E-state index contributed by atoms with van der Waals surface area (Å²) in [7, 11) is 0. The van der Waals surface area contributed by atoms with E-state index in [9.17, 15) is 9.59 Å². The highest BCUT2D eigenvalue weighted by molar-refractivity contribution is 6.05. The van der Waals surface area contributed by atoms with Crippen LogP contribution in [0, 0.1) is 0 Å². The van der Waals surface area contributed by atoms with Crippen molar-refractivity contribution in [1.29, 1.82) is 0 Å². The Morgan fingerprint density at radius 1 is 1.20 bits per heavy atom. The number of rotatable bonds is 2. The maximum absolute atomic E-state index is 11.7. The van der Waals surface area contributed by atoms with E-state index in [0.29, 0.717) is 18.9 Å². The molecule has 2 saturated heterocycles. The number of nitrogens with one attached hydrogen (secondary N) is 2. The summed E-state index contributed by atoms with van der Waals surface area (Å²) in [5.74, 6) is 0.285. The molecule has 3 heterocycles. The Kier molecular flexibility index (Phi) is 3.64. The lowest BCUT2D eigenvalue weighted by Gasteiger charge is -2.27. The fourth-order valence-corrected chi connectivity index (χ4v) is 2.73. The third-order valence-corrected chi connectivity index (χ3v) is 3.89. The lowest BCUT2D eigenvalue weighted by Crippen LogP contribution is -2.49. The molecule has 0 radical (unpaired) electrons. The summed E-state index contributed by atoms with van der Waals surface area (Å²) < 4.78 is 0. The third-order valence-electron chi connectivity index (χ3n) is 3.89. The smallest absolute Gasteiger partial charge is 0.317 e. The van der Waals surface area contributed by atoms with Gasteiger partial charge in [0.15, 0.2) is 0 Å². The first-order valence-electron chi connectivity index (χ1n) is 7.02. The number of piperidine rings is 1. The molecule has 0 atom stereocenters. The Morgan fingerprint density at radius 2 is 2.00 bits per heavy atom. The summed E-state index contributed by atoms with van der Waals surface area (Å²) in [6.45, 7) is 2.48. The minimum absolute atomic E-state index is 0.217. The lowest BCUT2D eigenvalue weighted by molar-refractivity contribution is -0.120. The van der Waals surface area contributed by atoms with E-state index in [-0.39, 0.29) is 11.9 Å². The summed E-state index contributed by atoms with van der Waals surface area (Å²) in [4.78, 5) is 28.9. The van der Waals surface area contributed by atoms with Gasteiger partial charge in [0.25, 0.3) is 0 Å². The quantitative estimate of drug-likeness (QED) is 0.843. The van der Waals surface area contributed by atoms with E-state index < -0.39 is 0 Å². The first-order chi connectivity index (χ1) is 9.74. The molecule has 2 aliphatic rings. The van der Waals surface area contributed by atoms with Crippen molar-refractivity contribution in [3.8, 4) is 0 Å². The molecule has 106 valence electrons. The molecule has 0 aliphatic carbocycles. The molecule has 6 nitrogen and oxygen atoms in total. The highest BCUT2D eigenvalue weighted by atomic mass is 16.2. The Labute approximate surface area is 117 Å². The molecule has 6 heteroatoms. The second kappa shape index (κ2) is 5.58. The van der Waals surface area contributed by atoms with Crippen molar-refractivity contribution in [3.63, 3.8) is 0 Å². The fourth-order valence-electron chi connectivity index (χ4n) is 2.73. The van der Waals surface area contributed by atoms with Crippen molar-refractivity contribution in [2.24, 2.45) is 0 Å². The average molecular weight is 274 g/mol. The van der Waals surface area contributed by atoms with E-state index in [1.807, 2.05) is 12.1 Å². The van der Waals surface area contributed by atoms with E-state index in [1.54, 1.807) is 11.1 Å². The number of carbonyl (C=O) groups excluding carboxylic acids is 2. The van der Waals surface area contributed by atoms with Crippen LogP contribution in [0.4, 0.5) is 10.5 Å². The predicted molar refractivity (Wildman–Crippen MR) is 74.6 cm³/mol. The van der Waals surface area contributed by atoms with Crippen molar-refractivity contribution in [3.05, 3.63) is 24.0 Å². The molecule has 1 aromatic rings. The molecular formula is C14H18N4O2. The molecule has 0 aromatic carbocycles. The molecule has 20 heavy (non-hydrogen) atoms. The van der Waals surface area contributed by atoms with Gasteiger partial charge in [-0.3, -0.25) is 20.0 Å². The van der Waals surface area contributed by atoms with E-state index in [1.165, 1.54) is 0 Å². The Morgan fingerprint density at radius 3 is 2.65 bits per heavy atom. The topological polar surface area (TPSA) is 74.3 Å². The van der Waals surface area contributed by atoms with Crippen LogP contribution in [0.15, 0.2) is 18.3 Å². The van der Waals surface area contributed by atoms with Gasteiger partial charge in [0.1, 0.15) is 0 Å². The second-order valence-electron chi connectivity index (χ2n) is 5.22. The molecule has 3 rings (SSSR count). The molecule has 0 spiro atoms. The zero-order valence-electron chi connectivity index (χ0n) is 11.3. The van der Waals surface area contributed by atoms with Crippen LogP contribution < -0.4 is 15.5 Å². The summed E-state index contributed by atoms with van der Waals surface area (Å²) in [6, 6.07) is 3.55. The zero-order chi connectivity index (χ0) is 13.9. The highest BCUT2D eigenvalue weighted by Crippen LogP contribution is 2.25. The lowest BCUT2D eigenvalue weighted by atomic mass is 9.94. The number of imide groups is 1. The first kappa shape index (κ1) is 13.1. The van der Waals surface area contributed by atoms with Crippen LogP contribution in [0.3, 0.4) is 0 Å². The zero-order valence-corrected chi connectivity index (χ0v) is 11.3. The van der Waals surface area contributed by atoms with E-state index in [4.69, 9.17) is 0 Å². The predicted octanol–water partition coefficient (Wildman–Crippen LogP) is 0.995. The molecule has 1 aromatic heterocycles. The maximum atomic E-state index is 11.7. The number of hydrogen-bond donors (Lipinski definition) is 2. The maximum Gasteiger partial charge on any atom is 0.328 e. The van der Waals surface area contributed by atoms with Gasteiger partial charge < -0.3 is 5.32 Å². The number of anilines is 1. The van der Waals surface area contributed by atoms with Crippen molar-refractivity contribution < 1.29 is 9.59 Å². The Bertz CT molecular complexity index is 508. The molecule has 2 aliphatic heterocycles. The summed E-state index contributed by atoms with van der Waals surface area (Å²) in [6.07, 6.45) is 4.27. The fraction of sp³-hybridized carbons (Fsp3) is 0.500. The van der Waals surface area contributed by atoms with Crippen LogP contribution in [-0.2, 0) is 4.79 Å². The number of carbonyl (C=O) groups is 2. The summed E-state index contributed by atoms with van der Waals surface area (Å²) >= 11 is 0. The molecular weight excluding hydrogens is 256 g/mol. The van der Waals surface area contributed by atoms with Gasteiger partial charge in [-0.1, -0.05) is 0 Å². The number of pyridine rings is 1. The summed E-state index contributed by atoms with van der Waals surface area (Å²) in [5, 5.41) is 5.65. The Balaban J connectivity index is 1.72. The van der Waals surface area contributed by atoms with Gasteiger partial charge in [0, 0.05) is 24.6 Å². The van der Waals surface area contributed by atoms with Gasteiger partial charge >= 0.3 is 6.03 Å². The largest absolute Gasteiger partial charge is 0.328 e. The van der Waals surface area contributed by atoms with Gasteiger partial charge in [-0.15, -0.1) is 0 Å². The minimum Gasteiger partial charge on any atom is -0.317 e. The average Bonchev–Trinajstić information content (AvgIpc) is 2.48. The first-order valence-corrected chi connectivity index (χ1v) is 7.02. The molecule has 0 bridgehead atoms. The SMILES string of the molecule is O=C1CCN(c2ccc(C3CCNCC3)nc2)C(=O)N1. The second-order valence-corrected chi connectivity index (χ2v) is 5.22. The van der Waals surface area contributed by atoms with Crippen LogP contribution in [0.5, 0.6) is 0 Å². The number of hydrogen-bond acceptors (Lipinski definition) is 4. The van der Waals surface area contributed by atoms with Crippen LogP contribution in [0.25, 0.3) is 0 Å². The van der Waals surface area contributed by atoms with Gasteiger partial charge in [0.2, 0.25) is 5.91 Å². The molecule has 2 N–H and O–H groups in total. The molecule has 2 fully saturated rings. The van der Waals surface area contributed by atoms with Crippen molar-refractivity contribution in [1.82, 2.24) is 15.6 Å². The van der Waals surface area contributed by atoms with Gasteiger partial charge in [-0.25, -0.2) is 4.79 Å². The standard InChI is InChI=1S/C14H18N4O2/c19-13-5-8-18(14(20)17-13)11-1-2-12(16-9-11)10-3-6-15-7-4-10/h1-2,9-10,15H,3-8H2,(H,17,19,20). The molecule has 3 amide bonds. The van der Waals surface area contributed by atoms with Gasteiger partial charge in [-0.05, 0) is 38.1 Å². The molecule has 0 saturated carbocycles. The van der Waals surface area contributed by atoms with Crippen molar-refractivity contribution in [2.45, 2.75) is 25.2 Å². The monoisotopic (exact) mass is 274 g/mol. The van der Waals surface area contributed by atoms with E-state index >= 15 is 0 Å². The minimum atomic E-state index is -0.363. The number of aromatic nitrogens is 1. The highest BCUT2D eigenvalue weighted by Gasteiger charge is 2.24. The van der Waals surface area contributed by atoms with Crippen molar-refractivity contribution >= 4 is 17.6 Å². The van der Waals surface area contributed by atoms with E-state index in [2.05, 4.69) is 15.6 Å². The number of amides is 3. The normalized spacial score (nSPS) is 20.9. The molecule has 0 unspecified atom stereocenters. The number of urea groups is 1. The van der Waals surface area contributed by atoms with Gasteiger partial charge in [-0.2, -0.15) is 0 Å². The Hall–Kier alpha value is -1.95.